The van der Waals surface area contributed by atoms with Crippen LogP contribution >= 0.6 is 11.3 Å². The van der Waals surface area contributed by atoms with Crippen molar-refractivity contribution in [2.75, 3.05) is 0 Å². The second-order valence-corrected chi connectivity index (χ2v) is 5.10. The van der Waals surface area contributed by atoms with Crippen molar-refractivity contribution in [3.8, 4) is 0 Å². The van der Waals surface area contributed by atoms with Gasteiger partial charge in [-0.15, -0.1) is 11.3 Å². The Labute approximate surface area is 96.5 Å². The summed E-state index contributed by atoms with van der Waals surface area (Å²) in [6.45, 7) is 4.23. The lowest BCUT2D eigenvalue weighted by Gasteiger charge is -2.00. The van der Waals surface area contributed by atoms with Crippen LogP contribution in [-0.4, -0.2) is 5.78 Å². The average molecular weight is 224 g/mol. The maximum Gasteiger partial charge on any atom is 0.163 e. The van der Waals surface area contributed by atoms with Crippen molar-refractivity contribution in [1.82, 2.24) is 0 Å². The summed E-state index contributed by atoms with van der Waals surface area (Å²) >= 11 is 1.66. The molecule has 0 amide bonds. The highest BCUT2D eigenvalue weighted by Gasteiger charge is 2.08. The third kappa shape index (κ3) is 4.17. The number of rotatable bonds is 7. The van der Waals surface area contributed by atoms with Crippen LogP contribution in [0, 0.1) is 6.92 Å². The van der Waals surface area contributed by atoms with E-state index in [9.17, 15) is 4.79 Å². The monoisotopic (exact) mass is 224 g/mol. The van der Waals surface area contributed by atoms with Crippen LogP contribution in [-0.2, 0) is 0 Å². The van der Waals surface area contributed by atoms with Crippen molar-refractivity contribution in [2.45, 2.75) is 52.4 Å². The van der Waals surface area contributed by atoms with Crippen LogP contribution < -0.4 is 0 Å². The predicted octanol–water partition coefficient (Wildman–Crippen LogP) is 4.60. The maximum absolute atomic E-state index is 11.8. The number of thiophene rings is 1. The topological polar surface area (TPSA) is 17.1 Å². The number of ketones is 1. The highest BCUT2D eigenvalue weighted by atomic mass is 32.1. The fourth-order valence-electron chi connectivity index (χ4n) is 1.70. The summed E-state index contributed by atoms with van der Waals surface area (Å²) in [4.78, 5) is 12.9. The lowest BCUT2D eigenvalue weighted by Crippen LogP contribution is -1.98. The van der Waals surface area contributed by atoms with E-state index in [-0.39, 0.29) is 0 Å². The molecule has 1 aromatic rings. The van der Waals surface area contributed by atoms with Crippen LogP contribution in [0.15, 0.2) is 11.4 Å². The van der Waals surface area contributed by atoms with Gasteiger partial charge in [-0.25, -0.2) is 0 Å². The van der Waals surface area contributed by atoms with Gasteiger partial charge < -0.3 is 0 Å². The van der Waals surface area contributed by atoms with E-state index in [0.717, 1.165) is 23.3 Å². The van der Waals surface area contributed by atoms with Gasteiger partial charge in [-0.05, 0) is 24.8 Å². The Balaban J connectivity index is 2.22. The van der Waals surface area contributed by atoms with Gasteiger partial charge >= 0.3 is 0 Å². The third-order valence-electron chi connectivity index (χ3n) is 2.67. The van der Waals surface area contributed by atoms with Gasteiger partial charge in [0.25, 0.3) is 0 Å². The molecule has 0 radical (unpaired) electrons. The zero-order valence-electron chi connectivity index (χ0n) is 9.71. The van der Waals surface area contributed by atoms with Crippen molar-refractivity contribution in [3.05, 3.63) is 21.9 Å². The standard InChI is InChI=1S/C13H20OS/c1-3-4-5-6-7-8-13(14)12-9-10-15-11(12)2/h9-10H,3-8H2,1-2H3. The van der Waals surface area contributed by atoms with Crippen LogP contribution in [0.2, 0.25) is 0 Å². The molecule has 0 aromatic carbocycles. The molecule has 0 aliphatic heterocycles. The number of hydrogen-bond donors (Lipinski definition) is 0. The Bertz CT molecular complexity index is 301. The molecule has 0 N–H and O–H groups in total. The molecule has 0 fully saturated rings. The van der Waals surface area contributed by atoms with E-state index >= 15 is 0 Å². The van der Waals surface area contributed by atoms with Crippen LogP contribution in [0.1, 0.15) is 60.7 Å². The molecular formula is C13H20OS. The Morgan fingerprint density at radius 3 is 2.60 bits per heavy atom. The zero-order chi connectivity index (χ0) is 11.1. The molecule has 0 atom stereocenters. The minimum Gasteiger partial charge on any atom is -0.294 e. The van der Waals surface area contributed by atoms with E-state index in [0.29, 0.717) is 5.78 Å². The number of carbonyl (C=O) groups excluding carboxylic acids is 1. The van der Waals surface area contributed by atoms with E-state index in [1.807, 2.05) is 18.4 Å². The number of Topliss-reactive ketones (excluding diaryl/α,β-unsaturated/α-hetero) is 1. The highest BCUT2D eigenvalue weighted by Crippen LogP contribution is 2.18. The molecule has 2 heteroatoms. The molecule has 0 saturated heterocycles. The maximum atomic E-state index is 11.8. The first-order valence-corrected chi connectivity index (χ1v) is 6.71. The molecule has 15 heavy (non-hydrogen) atoms. The summed E-state index contributed by atoms with van der Waals surface area (Å²) in [5, 5.41) is 2.00. The van der Waals surface area contributed by atoms with E-state index in [4.69, 9.17) is 0 Å². The second-order valence-electron chi connectivity index (χ2n) is 3.98. The fraction of sp³-hybridized carbons (Fsp3) is 0.615. The normalized spacial score (nSPS) is 10.5. The molecule has 0 saturated carbocycles. The fourth-order valence-corrected chi connectivity index (χ4v) is 2.42. The van der Waals surface area contributed by atoms with Gasteiger partial charge in [0.1, 0.15) is 0 Å². The molecule has 1 heterocycles. The van der Waals surface area contributed by atoms with Gasteiger partial charge in [0.05, 0.1) is 0 Å². The van der Waals surface area contributed by atoms with Gasteiger partial charge in [-0.2, -0.15) is 0 Å². The molecule has 1 nitrogen and oxygen atoms in total. The van der Waals surface area contributed by atoms with E-state index < -0.39 is 0 Å². The number of unbranched alkanes of at least 4 members (excludes halogenated alkanes) is 4. The summed E-state index contributed by atoms with van der Waals surface area (Å²) in [7, 11) is 0. The van der Waals surface area contributed by atoms with Gasteiger partial charge in [0.2, 0.25) is 0 Å². The van der Waals surface area contributed by atoms with Crippen LogP contribution in [0.4, 0.5) is 0 Å². The van der Waals surface area contributed by atoms with Gasteiger partial charge in [0, 0.05) is 16.9 Å². The average Bonchev–Trinajstić information content (AvgIpc) is 2.64. The zero-order valence-corrected chi connectivity index (χ0v) is 10.5. The molecular weight excluding hydrogens is 204 g/mol. The third-order valence-corrected chi connectivity index (χ3v) is 3.51. The first-order chi connectivity index (χ1) is 7.25. The van der Waals surface area contributed by atoms with Crippen molar-refractivity contribution in [1.29, 1.82) is 0 Å². The highest BCUT2D eigenvalue weighted by molar-refractivity contribution is 7.10. The van der Waals surface area contributed by atoms with Crippen molar-refractivity contribution in [3.63, 3.8) is 0 Å². The van der Waals surface area contributed by atoms with Crippen molar-refractivity contribution in [2.24, 2.45) is 0 Å². The minimum absolute atomic E-state index is 0.324. The Morgan fingerprint density at radius 2 is 2.00 bits per heavy atom. The van der Waals surface area contributed by atoms with E-state index in [2.05, 4.69) is 6.92 Å². The molecule has 1 aromatic heterocycles. The second kappa shape index (κ2) is 6.78. The molecule has 1 rings (SSSR count). The largest absolute Gasteiger partial charge is 0.294 e. The van der Waals surface area contributed by atoms with Crippen molar-refractivity contribution < 1.29 is 4.79 Å². The summed E-state index contributed by atoms with van der Waals surface area (Å²) in [6.07, 6.45) is 6.80. The summed E-state index contributed by atoms with van der Waals surface area (Å²) in [5.74, 6) is 0.324. The first-order valence-electron chi connectivity index (χ1n) is 5.83. The lowest BCUT2D eigenvalue weighted by molar-refractivity contribution is 0.0979. The predicted molar refractivity (Wildman–Crippen MR) is 66.8 cm³/mol. The van der Waals surface area contributed by atoms with Crippen molar-refractivity contribution >= 4 is 17.1 Å². The quantitative estimate of drug-likeness (QED) is 0.488. The number of aryl methyl sites for hydroxylation is 1. The Kier molecular flexibility index (Phi) is 5.62. The van der Waals surface area contributed by atoms with Crippen LogP contribution in [0.25, 0.3) is 0 Å². The summed E-state index contributed by atoms with van der Waals surface area (Å²) in [6, 6.07) is 1.95. The number of hydrogen-bond acceptors (Lipinski definition) is 2. The van der Waals surface area contributed by atoms with Gasteiger partial charge in [-0.3, -0.25) is 4.79 Å². The SMILES string of the molecule is CCCCCCCC(=O)c1ccsc1C. The van der Waals surface area contributed by atoms with Crippen LogP contribution in [0.5, 0.6) is 0 Å². The van der Waals surface area contributed by atoms with Crippen LogP contribution in [0.3, 0.4) is 0 Å². The molecule has 0 unspecified atom stereocenters. The van der Waals surface area contributed by atoms with Gasteiger partial charge in [-0.1, -0.05) is 32.6 Å². The summed E-state index contributed by atoms with van der Waals surface area (Å²) < 4.78 is 0. The first kappa shape index (κ1) is 12.4. The molecule has 0 aliphatic rings. The minimum atomic E-state index is 0.324. The van der Waals surface area contributed by atoms with E-state index in [1.54, 1.807) is 11.3 Å². The smallest absolute Gasteiger partial charge is 0.163 e. The molecule has 0 bridgehead atoms. The number of carbonyl (C=O) groups is 1. The molecule has 0 spiro atoms. The van der Waals surface area contributed by atoms with E-state index in [1.165, 1.54) is 25.7 Å². The van der Waals surface area contributed by atoms with Gasteiger partial charge in [0.15, 0.2) is 5.78 Å². The Morgan fingerprint density at radius 1 is 1.27 bits per heavy atom. The Hall–Kier alpha value is -0.630. The lowest BCUT2D eigenvalue weighted by atomic mass is 10.0. The molecule has 84 valence electrons. The molecule has 0 aliphatic carbocycles. The summed E-state index contributed by atoms with van der Waals surface area (Å²) in [5.41, 5.74) is 0.940.